The molecule has 1 aromatic heterocycles. The van der Waals surface area contributed by atoms with Crippen molar-refractivity contribution in [3.8, 4) is 0 Å². The van der Waals surface area contributed by atoms with Crippen molar-refractivity contribution in [2.24, 2.45) is 0 Å². The number of anilines is 2. The van der Waals surface area contributed by atoms with E-state index in [4.69, 9.17) is 5.73 Å². The van der Waals surface area contributed by atoms with Crippen LogP contribution in [-0.4, -0.2) is 10.9 Å². The van der Waals surface area contributed by atoms with E-state index in [0.717, 1.165) is 27.4 Å². The normalized spacial score (nSPS) is 10.9. The quantitative estimate of drug-likeness (QED) is 0.568. The van der Waals surface area contributed by atoms with E-state index in [-0.39, 0.29) is 5.91 Å². The van der Waals surface area contributed by atoms with Crippen molar-refractivity contribution in [2.45, 2.75) is 6.92 Å². The molecule has 4 rings (SSSR count). The summed E-state index contributed by atoms with van der Waals surface area (Å²) in [6, 6.07) is 21.0. The highest BCUT2D eigenvalue weighted by Crippen LogP contribution is 2.25. The van der Waals surface area contributed by atoms with Gasteiger partial charge >= 0.3 is 0 Å². The number of nitrogens with zero attached hydrogens (tertiary/aromatic N) is 1. The van der Waals surface area contributed by atoms with Crippen LogP contribution >= 0.6 is 0 Å². The van der Waals surface area contributed by atoms with Crippen molar-refractivity contribution in [1.29, 1.82) is 0 Å². The lowest BCUT2D eigenvalue weighted by Gasteiger charge is -2.10. The van der Waals surface area contributed by atoms with E-state index in [2.05, 4.69) is 10.3 Å². The third kappa shape index (κ3) is 2.78. The fourth-order valence-electron chi connectivity index (χ4n) is 3.09. The summed E-state index contributed by atoms with van der Waals surface area (Å²) >= 11 is 0. The zero-order valence-electron chi connectivity index (χ0n) is 13.8. The van der Waals surface area contributed by atoms with Crippen molar-refractivity contribution in [1.82, 2.24) is 4.98 Å². The third-order valence-corrected chi connectivity index (χ3v) is 4.26. The molecule has 0 saturated carbocycles. The molecule has 0 bridgehead atoms. The summed E-state index contributed by atoms with van der Waals surface area (Å²) in [4.78, 5) is 17.2. The van der Waals surface area contributed by atoms with Crippen molar-refractivity contribution < 1.29 is 4.79 Å². The fourth-order valence-corrected chi connectivity index (χ4v) is 3.09. The Balaban J connectivity index is 1.72. The molecule has 0 unspecified atom stereocenters. The third-order valence-electron chi connectivity index (χ3n) is 4.26. The van der Waals surface area contributed by atoms with Crippen LogP contribution < -0.4 is 11.1 Å². The van der Waals surface area contributed by atoms with Crippen LogP contribution in [0.15, 0.2) is 66.7 Å². The van der Waals surface area contributed by atoms with Gasteiger partial charge in [-0.2, -0.15) is 0 Å². The van der Waals surface area contributed by atoms with E-state index in [1.54, 1.807) is 0 Å². The number of nitrogens with two attached hydrogens (primary N) is 1. The minimum atomic E-state index is -0.144. The average Bonchev–Trinajstić information content (AvgIpc) is 2.61. The zero-order valence-corrected chi connectivity index (χ0v) is 13.8. The Morgan fingerprint density at radius 1 is 0.960 bits per heavy atom. The van der Waals surface area contributed by atoms with E-state index in [9.17, 15) is 4.79 Å². The summed E-state index contributed by atoms with van der Waals surface area (Å²) in [5.74, 6) is -0.144. The van der Waals surface area contributed by atoms with Gasteiger partial charge in [0.2, 0.25) is 0 Å². The van der Waals surface area contributed by atoms with Gasteiger partial charge in [-0.25, -0.2) is 0 Å². The summed E-state index contributed by atoms with van der Waals surface area (Å²) in [7, 11) is 0. The van der Waals surface area contributed by atoms with Gasteiger partial charge in [0.25, 0.3) is 5.91 Å². The Labute approximate surface area is 145 Å². The molecule has 0 fully saturated rings. The molecule has 1 heterocycles. The van der Waals surface area contributed by atoms with E-state index >= 15 is 0 Å². The highest BCUT2D eigenvalue weighted by molar-refractivity contribution is 6.13. The summed E-state index contributed by atoms with van der Waals surface area (Å²) in [6.45, 7) is 1.91. The molecule has 0 aliphatic rings. The Hall–Kier alpha value is -3.40. The first-order valence-corrected chi connectivity index (χ1v) is 8.08. The molecule has 122 valence electrons. The molecule has 3 N–H and O–H groups in total. The van der Waals surface area contributed by atoms with Crippen molar-refractivity contribution in [3.63, 3.8) is 0 Å². The molecular formula is C21H17N3O. The number of rotatable bonds is 2. The molecule has 1 amide bonds. The first-order valence-electron chi connectivity index (χ1n) is 8.08. The van der Waals surface area contributed by atoms with Gasteiger partial charge in [0, 0.05) is 28.0 Å². The largest absolute Gasteiger partial charge is 0.398 e. The number of nitrogens with one attached hydrogen (secondary N) is 1. The number of hydrogen-bond donors (Lipinski definition) is 2. The number of aromatic nitrogens is 1. The Bertz CT molecular complexity index is 1110. The second-order valence-electron chi connectivity index (χ2n) is 6.07. The van der Waals surface area contributed by atoms with Gasteiger partial charge in [0.05, 0.1) is 5.52 Å². The zero-order chi connectivity index (χ0) is 17.4. The van der Waals surface area contributed by atoms with Crippen molar-refractivity contribution >= 4 is 39.0 Å². The number of nitrogen functional groups attached to an aromatic ring is 1. The van der Waals surface area contributed by atoms with E-state index < -0.39 is 0 Å². The van der Waals surface area contributed by atoms with Crippen molar-refractivity contribution in [3.05, 3.63) is 78.0 Å². The summed E-state index contributed by atoms with van der Waals surface area (Å²) in [6.07, 6.45) is 0. The van der Waals surface area contributed by atoms with Crippen LogP contribution in [0.2, 0.25) is 0 Å². The number of carbonyl (C=O) groups is 1. The molecule has 0 saturated heterocycles. The molecule has 0 atom stereocenters. The first-order chi connectivity index (χ1) is 12.1. The molecule has 0 aliphatic carbocycles. The van der Waals surface area contributed by atoms with Crippen LogP contribution in [0.5, 0.6) is 0 Å². The molecule has 0 aliphatic heterocycles. The molecule has 4 nitrogen and oxygen atoms in total. The monoisotopic (exact) mass is 327 g/mol. The molecule has 4 aromatic rings. The summed E-state index contributed by atoms with van der Waals surface area (Å²) in [5, 5.41) is 5.77. The predicted octanol–water partition coefficient (Wildman–Crippen LogP) is 4.53. The fraction of sp³-hybridized carbons (Fsp3) is 0.0476. The maximum absolute atomic E-state index is 12.7. The molecular weight excluding hydrogens is 310 g/mol. The number of pyridine rings is 1. The highest BCUT2D eigenvalue weighted by Gasteiger charge is 2.11. The minimum absolute atomic E-state index is 0.144. The van der Waals surface area contributed by atoms with Crippen molar-refractivity contribution in [2.75, 3.05) is 11.1 Å². The van der Waals surface area contributed by atoms with Gasteiger partial charge in [-0.3, -0.25) is 9.78 Å². The van der Waals surface area contributed by atoms with Gasteiger partial charge in [-0.1, -0.05) is 36.4 Å². The molecule has 3 aromatic carbocycles. The maximum atomic E-state index is 12.7. The lowest BCUT2D eigenvalue weighted by atomic mass is 10.0. The predicted molar refractivity (Wildman–Crippen MR) is 103 cm³/mol. The van der Waals surface area contributed by atoms with Gasteiger partial charge in [0.15, 0.2) is 0 Å². The van der Waals surface area contributed by atoms with Crippen LogP contribution in [0, 0.1) is 6.92 Å². The Morgan fingerprint density at radius 2 is 1.76 bits per heavy atom. The van der Waals surface area contributed by atoms with Gasteiger partial charge < -0.3 is 11.1 Å². The maximum Gasteiger partial charge on any atom is 0.256 e. The van der Waals surface area contributed by atoms with E-state index in [1.165, 1.54) is 0 Å². The molecule has 25 heavy (non-hydrogen) atoms. The van der Waals surface area contributed by atoms with Crippen LogP contribution in [-0.2, 0) is 0 Å². The van der Waals surface area contributed by atoms with Gasteiger partial charge in [0.1, 0.15) is 0 Å². The molecule has 0 radical (unpaired) electrons. The Morgan fingerprint density at radius 3 is 2.64 bits per heavy atom. The van der Waals surface area contributed by atoms with Crippen LogP contribution in [0.4, 0.5) is 11.4 Å². The highest BCUT2D eigenvalue weighted by atomic mass is 16.1. The SMILES string of the molecule is Cc1cc(N)c2cc(NC(=O)c3cccc4ccccc34)ccc2n1. The van der Waals surface area contributed by atoms with Crippen LogP contribution in [0.1, 0.15) is 16.1 Å². The van der Waals surface area contributed by atoms with Crippen LogP contribution in [0.25, 0.3) is 21.7 Å². The topological polar surface area (TPSA) is 68.0 Å². The standard InChI is InChI=1S/C21H17N3O/c1-13-11-19(22)18-12-15(9-10-20(18)23-13)24-21(25)17-8-4-6-14-5-2-3-7-16(14)17/h2-12H,1H3,(H2,22,23)(H,24,25). The molecule has 0 spiro atoms. The van der Waals surface area contributed by atoms with Gasteiger partial charge in [-0.05, 0) is 48.0 Å². The lowest BCUT2D eigenvalue weighted by Crippen LogP contribution is -2.12. The minimum Gasteiger partial charge on any atom is -0.398 e. The first kappa shape index (κ1) is 15.1. The van der Waals surface area contributed by atoms with E-state index in [1.807, 2.05) is 73.7 Å². The number of hydrogen-bond acceptors (Lipinski definition) is 3. The number of fused-ring (bicyclic) bond motifs is 2. The Kier molecular flexibility index (Phi) is 3.58. The molecule has 4 heteroatoms. The summed E-state index contributed by atoms with van der Waals surface area (Å²) in [5.41, 5.74) is 9.78. The average molecular weight is 327 g/mol. The second-order valence-corrected chi connectivity index (χ2v) is 6.07. The lowest BCUT2D eigenvalue weighted by molar-refractivity contribution is 0.102. The smallest absolute Gasteiger partial charge is 0.256 e. The number of benzene rings is 3. The summed E-state index contributed by atoms with van der Waals surface area (Å²) < 4.78 is 0. The number of amides is 1. The van der Waals surface area contributed by atoms with Crippen LogP contribution in [0.3, 0.4) is 0 Å². The van der Waals surface area contributed by atoms with E-state index in [0.29, 0.717) is 16.9 Å². The number of carbonyl (C=O) groups excluding carboxylic acids is 1. The number of aryl methyl sites for hydroxylation is 1. The van der Waals surface area contributed by atoms with Gasteiger partial charge in [-0.15, -0.1) is 0 Å². The second kappa shape index (κ2) is 5.91.